The Balaban J connectivity index is 1.97. The summed E-state index contributed by atoms with van der Waals surface area (Å²) in [6, 6.07) is 5.20. The Kier molecular flexibility index (Phi) is 4.37. The molecule has 1 heterocycles. The van der Waals surface area contributed by atoms with Crippen molar-refractivity contribution in [3.8, 4) is 0 Å². The molecule has 104 valence electrons. The van der Waals surface area contributed by atoms with Crippen molar-refractivity contribution in [3.05, 3.63) is 33.9 Å². The predicted molar refractivity (Wildman–Crippen MR) is 76.5 cm³/mol. The van der Waals surface area contributed by atoms with Crippen molar-refractivity contribution in [2.75, 3.05) is 31.5 Å². The molecule has 1 aliphatic heterocycles. The topological polar surface area (TPSA) is 58.4 Å². The number of nitro groups is 1. The standard InChI is InChI=1S/C14H21N3O2/c1-3-16-8-7-12(10-16)9-15-13-5-4-6-14(11(13)2)17(18)19/h4-6,12,15H,3,7-10H2,1-2H3. The van der Waals surface area contributed by atoms with Gasteiger partial charge in [-0.15, -0.1) is 0 Å². The zero-order chi connectivity index (χ0) is 13.8. The van der Waals surface area contributed by atoms with Crippen LogP contribution in [0.15, 0.2) is 18.2 Å². The van der Waals surface area contributed by atoms with Gasteiger partial charge in [-0.1, -0.05) is 13.0 Å². The van der Waals surface area contributed by atoms with Crippen LogP contribution in [0.4, 0.5) is 11.4 Å². The molecule has 2 rings (SSSR count). The molecule has 0 aliphatic carbocycles. The summed E-state index contributed by atoms with van der Waals surface area (Å²) in [6.07, 6.45) is 1.20. The lowest BCUT2D eigenvalue weighted by atomic mass is 10.1. The molecule has 1 aromatic carbocycles. The van der Waals surface area contributed by atoms with Gasteiger partial charge in [0.05, 0.1) is 4.92 Å². The first kappa shape index (κ1) is 13.8. The summed E-state index contributed by atoms with van der Waals surface area (Å²) in [5.41, 5.74) is 1.79. The lowest BCUT2D eigenvalue weighted by molar-refractivity contribution is -0.385. The third-order valence-electron chi connectivity index (χ3n) is 3.90. The number of nitro benzene ring substituents is 1. The molecule has 0 radical (unpaired) electrons. The minimum Gasteiger partial charge on any atom is -0.384 e. The molecular weight excluding hydrogens is 242 g/mol. The number of anilines is 1. The molecule has 1 N–H and O–H groups in total. The second kappa shape index (κ2) is 6.02. The lowest BCUT2D eigenvalue weighted by Crippen LogP contribution is -2.22. The van der Waals surface area contributed by atoms with E-state index >= 15 is 0 Å². The molecule has 1 saturated heterocycles. The number of nitrogens with one attached hydrogen (secondary N) is 1. The van der Waals surface area contributed by atoms with Crippen LogP contribution < -0.4 is 5.32 Å². The summed E-state index contributed by atoms with van der Waals surface area (Å²) in [5.74, 6) is 0.638. The van der Waals surface area contributed by atoms with Crippen molar-refractivity contribution in [2.45, 2.75) is 20.3 Å². The number of hydrogen-bond donors (Lipinski definition) is 1. The van der Waals surface area contributed by atoms with Gasteiger partial charge in [0.15, 0.2) is 0 Å². The smallest absolute Gasteiger partial charge is 0.274 e. The zero-order valence-corrected chi connectivity index (χ0v) is 11.6. The van der Waals surface area contributed by atoms with E-state index in [1.165, 1.54) is 6.42 Å². The lowest BCUT2D eigenvalue weighted by Gasteiger charge is -2.15. The first-order valence-electron chi connectivity index (χ1n) is 6.82. The molecule has 1 aromatic rings. The number of nitrogens with zero attached hydrogens (tertiary/aromatic N) is 2. The zero-order valence-electron chi connectivity index (χ0n) is 11.6. The van der Waals surface area contributed by atoms with Crippen molar-refractivity contribution in [2.24, 2.45) is 5.92 Å². The molecular formula is C14H21N3O2. The van der Waals surface area contributed by atoms with Crippen LogP contribution in [0.3, 0.4) is 0 Å². The monoisotopic (exact) mass is 263 g/mol. The molecule has 0 amide bonds. The van der Waals surface area contributed by atoms with Gasteiger partial charge in [-0.25, -0.2) is 0 Å². The van der Waals surface area contributed by atoms with Crippen LogP contribution in [-0.4, -0.2) is 36.0 Å². The third-order valence-corrected chi connectivity index (χ3v) is 3.90. The van der Waals surface area contributed by atoms with E-state index in [0.717, 1.165) is 37.4 Å². The fraction of sp³-hybridized carbons (Fsp3) is 0.571. The van der Waals surface area contributed by atoms with Crippen LogP contribution in [0.1, 0.15) is 18.9 Å². The Morgan fingerprint density at radius 1 is 1.53 bits per heavy atom. The molecule has 0 saturated carbocycles. The van der Waals surface area contributed by atoms with Crippen molar-refractivity contribution >= 4 is 11.4 Å². The highest BCUT2D eigenvalue weighted by Crippen LogP contribution is 2.26. The van der Waals surface area contributed by atoms with Crippen LogP contribution in [0.5, 0.6) is 0 Å². The molecule has 5 nitrogen and oxygen atoms in total. The number of benzene rings is 1. The van der Waals surface area contributed by atoms with E-state index in [0.29, 0.717) is 5.92 Å². The predicted octanol–water partition coefficient (Wildman–Crippen LogP) is 2.66. The molecule has 1 aliphatic rings. The highest BCUT2D eigenvalue weighted by atomic mass is 16.6. The first-order chi connectivity index (χ1) is 9.11. The Morgan fingerprint density at radius 3 is 2.95 bits per heavy atom. The summed E-state index contributed by atoms with van der Waals surface area (Å²) in [4.78, 5) is 13.0. The van der Waals surface area contributed by atoms with Crippen molar-refractivity contribution in [1.29, 1.82) is 0 Å². The molecule has 1 atom stereocenters. The van der Waals surface area contributed by atoms with Crippen molar-refractivity contribution in [1.82, 2.24) is 4.90 Å². The van der Waals surface area contributed by atoms with Gasteiger partial charge in [0.25, 0.3) is 5.69 Å². The third kappa shape index (κ3) is 3.23. The average molecular weight is 263 g/mol. The van der Waals surface area contributed by atoms with Gasteiger partial charge in [-0.05, 0) is 38.4 Å². The Morgan fingerprint density at radius 2 is 2.32 bits per heavy atom. The Labute approximate surface area is 113 Å². The molecule has 0 aromatic heterocycles. The molecule has 0 bridgehead atoms. The van der Waals surface area contributed by atoms with Gasteiger partial charge in [0.2, 0.25) is 0 Å². The van der Waals surface area contributed by atoms with E-state index in [1.54, 1.807) is 19.1 Å². The first-order valence-corrected chi connectivity index (χ1v) is 6.82. The highest BCUT2D eigenvalue weighted by Gasteiger charge is 2.21. The van der Waals surface area contributed by atoms with Crippen molar-refractivity contribution in [3.63, 3.8) is 0 Å². The second-order valence-electron chi connectivity index (χ2n) is 5.14. The molecule has 5 heteroatoms. The van der Waals surface area contributed by atoms with Gasteiger partial charge >= 0.3 is 0 Å². The van der Waals surface area contributed by atoms with E-state index in [2.05, 4.69) is 17.1 Å². The summed E-state index contributed by atoms with van der Waals surface area (Å²) < 4.78 is 0. The highest BCUT2D eigenvalue weighted by molar-refractivity contribution is 5.59. The summed E-state index contributed by atoms with van der Waals surface area (Å²) in [7, 11) is 0. The van der Waals surface area contributed by atoms with Gasteiger partial charge in [-0.3, -0.25) is 10.1 Å². The van der Waals surface area contributed by atoms with E-state index < -0.39 is 0 Å². The maximum atomic E-state index is 10.9. The average Bonchev–Trinajstić information content (AvgIpc) is 2.85. The maximum Gasteiger partial charge on any atom is 0.274 e. The number of rotatable bonds is 5. The maximum absolute atomic E-state index is 10.9. The Hall–Kier alpha value is -1.62. The molecule has 1 unspecified atom stereocenters. The van der Waals surface area contributed by atoms with Gasteiger partial charge < -0.3 is 10.2 Å². The van der Waals surface area contributed by atoms with Crippen LogP contribution >= 0.6 is 0 Å². The Bertz CT molecular complexity index is 462. The van der Waals surface area contributed by atoms with Crippen LogP contribution in [0.25, 0.3) is 0 Å². The number of likely N-dealkylation sites (tertiary alicyclic amines) is 1. The summed E-state index contributed by atoms with van der Waals surface area (Å²) in [5, 5.41) is 14.3. The minimum absolute atomic E-state index is 0.187. The SMILES string of the molecule is CCN1CCC(CNc2cccc([N+](=O)[O-])c2C)C1. The minimum atomic E-state index is -0.325. The molecule has 1 fully saturated rings. The fourth-order valence-electron chi connectivity index (χ4n) is 2.63. The van der Waals surface area contributed by atoms with Crippen LogP contribution in [-0.2, 0) is 0 Å². The van der Waals surface area contributed by atoms with E-state index in [4.69, 9.17) is 0 Å². The van der Waals surface area contributed by atoms with E-state index in [-0.39, 0.29) is 10.6 Å². The van der Waals surface area contributed by atoms with Gasteiger partial charge in [-0.2, -0.15) is 0 Å². The summed E-state index contributed by atoms with van der Waals surface area (Å²) >= 11 is 0. The van der Waals surface area contributed by atoms with Crippen molar-refractivity contribution < 1.29 is 4.92 Å². The van der Waals surface area contributed by atoms with Crippen LogP contribution in [0, 0.1) is 23.0 Å². The molecule has 19 heavy (non-hydrogen) atoms. The fourth-order valence-corrected chi connectivity index (χ4v) is 2.63. The normalized spacial score (nSPS) is 19.6. The largest absolute Gasteiger partial charge is 0.384 e. The van der Waals surface area contributed by atoms with Gasteiger partial charge in [0, 0.05) is 30.4 Å². The number of hydrogen-bond acceptors (Lipinski definition) is 4. The van der Waals surface area contributed by atoms with Gasteiger partial charge in [0.1, 0.15) is 0 Å². The second-order valence-corrected chi connectivity index (χ2v) is 5.14. The molecule has 0 spiro atoms. The van der Waals surface area contributed by atoms with Crippen LogP contribution in [0.2, 0.25) is 0 Å². The quantitative estimate of drug-likeness (QED) is 0.655. The summed E-state index contributed by atoms with van der Waals surface area (Å²) in [6.45, 7) is 8.26. The van der Waals surface area contributed by atoms with E-state index in [9.17, 15) is 10.1 Å². The van der Waals surface area contributed by atoms with E-state index in [1.807, 2.05) is 6.07 Å².